The molecule has 1 aliphatic rings. The van der Waals surface area contributed by atoms with Gasteiger partial charge in [0.2, 0.25) is 5.95 Å². The fraction of sp³-hybridized carbons (Fsp3) is 0.444. The van der Waals surface area contributed by atoms with E-state index in [0.717, 1.165) is 30.5 Å². The minimum absolute atomic E-state index is 0.277. The fourth-order valence-corrected chi connectivity index (χ4v) is 3.25. The molecule has 1 unspecified atom stereocenters. The third-order valence-corrected chi connectivity index (χ3v) is 4.55. The van der Waals surface area contributed by atoms with Crippen molar-refractivity contribution in [1.29, 1.82) is 0 Å². The van der Waals surface area contributed by atoms with E-state index in [4.69, 9.17) is 5.73 Å². The van der Waals surface area contributed by atoms with Gasteiger partial charge in [-0.25, -0.2) is 9.97 Å². The van der Waals surface area contributed by atoms with Gasteiger partial charge < -0.3 is 15.7 Å². The van der Waals surface area contributed by atoms with Crippen LogP contribution < -0.4 is 10.6 Å². The van der Waals surface area contributed by atoms with Gasteiger partial charge in [0.15, 0.2) is 0 Å². The smallest absolute Gasteiger partial charge is 0.225 e. The number of rotatable bonds is 3. The van der Waals surface area contributed by atoms with E-state index < -0.39 is 0 Å². The van der Waals surface area contributed by atoms with E-state index in [1.54, 1.807) is 0 Å². The molecular weight excluding hydrogens is 288 g/mol. The number of β-amino-alcohol motifs (C(OH)–C–C–N with tert-alkyl or cyclic N) is 1. The van der Waals surface area contributed by atoms with Crippen molar-refractivity contribution in [2.75, 3.05) is 18.0 Å². The lowest BCUT2D eigenvalue weighted by atomic mass is 9.97. The van der Waals surface area contributed by atoms with Crippen molar-refractivity contribution in [2.24, 2.45) is 5.73 Å². The summed E-state index contributed by atoms with van der Waals surface area (Å²) in [5.74, 6) is 0.694. The molecule has 0 aliphatic carbocycles. The van der Waals surface area contributed by atoms with Gasteiger partial charge in [0.25, 0.3) is 0 Å². The molecule has 1 aliphatic heterocycles. The Kier molecular flexibility index (Phi) is 4.59. The zero-order valence-corrected chi connectivity index (χ0v) is 13.8. The highest BCUT2D eigenvalue weighted by molar-refractivity contribution is 5.65. The number of aryl methyl sites for hydroxylation is 2. The van der Waals surface area contributed by atoms with Crippen LogP contribution in [-0.4, -0.2) is 34.3 Å². The summed E-state index contributed by atoms with van der Waals surface area (Å²) in [7, 11) is 0. The Morgan fingerprint density at radius 2 is 1.83 bits per heavy atom. The molecule has 0 radical (unpaired) electrons. The quantitative estimate of drug-likeness (QED) is 0.908. The van der Waals surface area contributed by atoms with Gasteiger partial charge in [-0.1, -0.05) is 12.1 Å². The predicted octanol–water partition coefficient (Wildman–Crippen LogP) is 2.18. The number of hydrogen-bond donors (Lipinski definition) is 2. The first-order chi connectivity index (χ1) is 11.1. The number of piperidine rings is 1. The Labute approximate surface area is 137 Å². The van der Waals surface area contributed by atoms with Crippen LogP contribution in [0.4, 0.5) is 5.95 Å². The maximum absolute atomic E-state index is 9.78. The summed E-state index contributed by atoms with van der Waals surface area (Å²) in [6.07, 6.45) is 5.28. The summed E-state index contributed by atoms with van der Waals surface area (Å²) in [6.45, 7) is 6.25. The van der Waals surface area contributed by atoms with Crippen molar-refractivity contribution >= 4 is 5.95 Å². The first-order valence-corrected chi connectivity index (χ1v) is 8.14. The van der Waals surface area contributed by atoms with E-state index in [0.29, 0.717) is 19.0 Å². The van der Waals surface area contributed by atoms with Crippen molar-refractivity contribution < 1.29 is 5.11 Å². The van der Waals surface area contributed by atoms with Crippen LogP contribution in [0.5, 0.6) is 0 Å². The van der Waals surface area contributed by atoms with Crippen LogP contribution in [-0.2, 0) is 6.54 Å². The van der Waals surface area contributed by atoms with E-state index in [1.807, 2.05) is 17.3 Å². The lowest BCUT2D eigenvalue weighted by Gasteiger charge is -2.29. The summed E-state index contributed by atoms with van der Waals surface area (Å²) < 4.78 is 0. The standard InChI is InChI=1S/C18H24N4O/c1-12-6-14(7-13(2)17(12)8-19)15-9-20-18(21-10-15)22-5-3-4-16(23)11-22/h6-7,9-10,16,23H,3-5,8,11,19H2,1-2H3. The molecule has 0 bridgehead atoms. The van der Waals surface area contributed by atoms with Crippen LogP contribution in [0.3, 0.4) is 0 Å². The average molecular weight is 312 g/mol. The van der Waals surface area contributed by atoms with Crippen LogP contribution in [0.25, 0.3) is 11.1 Å². The molecule has 5 nitrogen and oxygen atoms in total. The summed E-state index contributed by atoms with van der Waals surface area (Å²) in [4.78, 5) is 11.0. The van der Waals surface area contributed by atoms with E-state index in [-0.39, 0.29) is 6.10 Å². The van der Waals surface area contributed by atoms with Crippen LogP contribution in [0.15, 0.2) is 24.5 Å². The molecule has 3 N–H and O–H groups in total. The Morgan fingerprint density at radius 3 is 2.39 bits per heavy atom. The Balaban J connectivity index is 1.85. The molecule has 2 aromatic rings. The number of benzene rings is 1. The van der Waals surface area contributed by atoms with Crippen molar-refractivity contribution in [3.63, 3.8) is 0 Å². The number of hydrogen-bond acceptors (Lipinski definition) is 5. The molecule has 1 saturated heterocycles. The molecule has 5 heteroatoms. The van der Waals surface area contributed by atoms with Crippen LogP contribution >= 0.6 is 0 Å². The number of nitrogens with zero attached hydrogens (tertiary/aromatic N) is 3. The van der Waals surface area contributed by atoms with E-state index in [1.165, 1.54) is 16.7 Å². The molecule has 23 heavy (non-hydrogen) atoms. The molecular formula is C18H24N4O. The third kappa shape index (κ3) is 3.35. The second-order valence-corrected chi connectivity index (χ2v) is 6.31. The second kappa shape index (κ2) is 6.64. The molecule has 3 rings (SSSR count). The highest BCUT2D eigenvalue weighted by Crippen LogP contribution is 2.25. The van der Waals surface area contributed by atoms with Crippen LogP contribution in [0.1, 0.15) is 29.5 Å². The normalized spacial score (nSPS) is 18.3. The summed E-state index contributed by atoms with van der Waals surface area (Å²) in [5, 5.41) is 9.78. The lowest BCUT2D eigenvalue weighted by Crippen LogP contribution is -2.39. The molecule has 0 spiro atoms. The Morgan fingerprint density at radius 1 is 1.17 bits per heavy atom. The molecule has 0 amide bonds. The molecule has 1 atom stereocenters. The predicted molar refractivity (Wildman–Crippen MR) is 92.3 cm³/mol. The second-order valence-electron chi connectivity index (χ2n) is 6.31. The van der Waals surface area contributed by atoms with Gasteiger partial charge in [-0.15, -0.1) is 0 Å². The van der Waals surface area contributed by atoms with Crippen molar-refractivity contribution in [3.8, 4) is 11.1 Å². The van der Waals surface area contributed by atoms with E-state index in [9.17, 15) is 5.11 Å². The SMILES string of the molecule is Cc1cc(-c2cnc(N3CCCC(O)C3)nc2)cc(C)c1CN. The van der Waals surface area contributed by atoms with Gasteiger partial charge in [-0.3, -0.25) is 0 Å². The van der Waals surface area contributed by atoms with Crippen LogP contribution in [0, 0.1) is 13.8 Å². The number of nitrogens with two attached hydrogens (primary N) is 1. The van der Waals surface area contributed by atoms with Gasteiger partial charge in [0, 0.05) is 37.6 Å². The summed E-state index contributed by atoms with van der Waals surface area (Å²) >= 11 is 0. The molecule has 1 aromatic heterocycles. The molecule has 1 aromatic carbocycles. The Hall–Kier alpha value is -1.98. The number of anilines is 1. The number of aliphatic hydroxyl groups excluding tert-OH is 1. The summed E-state index contributed by atoms with van der Waals surface area (Å²) in [6, 6.07) is 4.27. The molecule has 1 fully saturated rings. The topological polar surface area (TPSA) is 75.3 Å². The zero-order valence-electron chi connectivity index (χ0n) is 13.8. The van der Waals surface area contributed by atoms with E-state index >= 15 is 0 Å². The lowest BCUT2D eigenvalue weighted by molar-refractivity contribution is 0.153. The van der Waals surface area contributed by atoms with Gasteiger partial charge >= 0.3 is 0 Å². The van der Waals surface area contributed by atoms with Gasteiger partial charge in [-0.05, 0) is 48.9 Å². The van der Waals surface area contributed by atoms with Gasteiger partial charge in [-0.2, -0.15) is 0 Å². The average Bonchev–Trinajstić information content (AvgIpc) is 2.55. The first-order valence-electron chi connectivity index (χ1n) is 8.14. The fourth-order valence-electron chi connectivity index (χ4n) is 3.25. The van der Waals surface area contributed by atoms with Gasteiger partial charge in [0.1, 0.15) is 0 Å². The van der Waals surface area contributed by atoms with Crippen molar-refractivity contribution in [3.05, 3.63) is 41.2 Å². The van der Waals surface area contributed by atoms with E-state index in [2.05, 4.69) is 35.9 Å². The molecule has 0 saturated carbocycles. The minimum atomic E-state index is -0.277. The number of aromatic nitrogens is 2. The van der Waals surface area contributed by atoms with Crippen molar-refractivity contribution in [1.82, 2.24) is 9.97 Å². The maximum atomic E-state index is 9.78. The minimum Gasteiger partial charge on any atom is -0.391 e. The molecule has 122 valence electrons. The zero-order chi connectivity index (χ0) is 16.4. The molecule has 2 heterocycles. The highest BCUT2D eigenvalue weighted by atomic mass is 16.3. The van der Waals surface area contributed by atoms with Gasteiger partial charge in [0.05, 0.1) is 6.10 Å². The first kappa shape index (κ1) is 15.9. The Bertz CT molecular complexity index is 661. The largest absolute Gasteiger partial charge is 0.391 e. The summed E-state index contributed by atoms with van der Waals surface area (Å²) in [5.41, 5.74) is 11.5. The number of aliphatic hydroxyl groups is 1. The van der Waals surface area contributed by atoms with Crippen LogP contribution in [0.2, 0.25) is 0 Å². The van der Waals surface area contributed by atoms with Crippen molar-refractivity contribution in [2.45, 2.75) is 39.3 Å². The highest BCUT2D eigenvalue weighted by Gasteiger charge is 2.19. The maximum Gasteiger partial charge on any atom is 0.225 e. The third-order valence-electron chi connectivity index (χ3n) is 4.55. The monoisotopic (exact) mass is 312 g/mol.